The summed E-state index contributed by atoms with van der Waals surface area (Å²) >= 11 is 0. The van der Waals surface area contributed by atoms with E-state index < -0.39 is 75.7 Å². The number of carbonyl (C=O) groups excluding carboxylic acids is 2. The third-order valence-electron chi connectivity index (χ3n) is 11.9. The Kier molecular flexibility index (Phi) is 39.6. The molecule has 0 aliphatic heterocycles. The first-order chi connectivity index (χ1) is 32.4. The van der Waals surface area contributed by atoms with Crippen molar-refractivity contribution in [2.45, 2.75) is 249 Å². The smallest absolute Gasteiger partial charge is 0.462 e. The molecule has 0 aromatic rings. The first kappa shape index (κ1) is 62.6. The number of rotatable bonds is 43. The Morgan fingerprint density at radius 3 is 1.28 bits per heavy atom. The average Bonchev–Trinajstić information content (AvgIpc) is 3.31. The number of ether oxygens (including phenoxy) is 2. The predicted octanol–water partition coefficient (Wildman–Crippen LogP) is 11.3. The van der Waals surface area contributed by atoms with Crippen LogP contribution in [0.4, 0.5) is 0 Å². The number of aliphatic hydroxyl groups excluding tert-OH is 5. The molecular weight excluding hydrogens is 876 g/mol. The molecule has 1 aliphatic carbocycles. The lowest BCUT2D eigenvalue weighted by Gasteiger charge is -2.41. The Hall–Kier alpha value is -2.45. The molecule has 13 nitrogen and oxygen atoms in total. The predicted molar refractivity (Wildman–Crippen MR) is 267 cm³/mol. The molecule has 1 fully saturated rings. The first-order valence-corrected chi connectivity index (χ1v) is 27.6. The topological polar surface area (TPSA) is 210 Å². The molecule has 8 atom stereocenters. The van der Waals surface area contributed by atoms with Gasteiger partial charge in [0.1, 0.15) is 43.2 Å². The van der Waals surface area contributed by atoms with E-state index in [0.717, 1.165) is 57.8 Å². The lowest BCUT2D eigenvalue weighted by Crippen LogP contribution is -2.64. The zero-order valence-electron chi connectivity index (χ0n) is 41.4. The number of phosphoric acid groups is 1. The van der Waals surface area contributed by atoms with Crippen molar-refractivity contribution in [3.8, 4) is 0 Å². The Labute approximate surface area is 404 Å². The Morgan fingerprint density at radius 2 is 0.851 bits per heavy atom. The molecule has 1 aliphatic rings. The van der Waals surface area contributed by atoms with Gasteiger partial charge in [-0.1, -0.05) is 203 Å². The molecule has 0 amide bonds. The standard InChI is InChI=1S/C53H93O13P/c1-3-5-7-9-11-13-15-17-19-21-22-23-24-26-28-30-32-34-36-38-40-42-47(55)65-45(44-64-67(61,62)66-53-51(59)49(57)48(56)50(58)52(53)60)43-63-46(54)41-39-37-35-33-31-29-27-25-20-18-16-14-12-10-8-6-4-2/h6,8,12,14,18,20,27,29,33,35,45,48-53,56-60H,3-5,7,9-11,13,15-17,19,21-26,28,30-32,34,36-44H2,1-2H3,(H,61,62)/b8-6+,14-12+,20-18+,29-27+,35-33+/t45-,48?,49-,50?,51?,52?,53?/m1/s1. The molecule has 0 spiro atoms. The molecule has 1 rings (SSSR count). The molecule has 0 saturated heterocycles. The van der Waals surface area contributed by atoms with E-state index in [1.807, 2.05) is 12.2 Å². The van der Waals surface area contributed by atoms with Crippen LogP contribution in [0.15, 0.2) is 60.8 Å². The van der Waals surface area contributed by atoms with Crippen molar-refractivity contribution >= 4 is 19.8 Å². The van der Waals surface area contributed by atoms with Crippen LogP contribution in [-0.2, 0) is 32.7 Å². The monoisotopic (exact) mass is 969 g/mol. The Bertz CT molecular complexity index is 1400. The van der Waals surface area contributed by atoms with E-state index >= 15 is 0 Å². The number of aliphatic hydroxyl groups is 5. The maximum Gasteiger partial charge on any atom is 0.472 e. The highest BCUT2D eigenvalue weighted by Crippen LogP contribution is 2.47. The number of allylic oxidation sites excluding steroid dienone is 10. The second-order valence-electron chi connectivity index (χ2n) is 18.0. The molecule has 14 heteroatoms. The fourth-order valence-electron chi connectivity index (χ4n) is 7.74. The van der Waals surface area contributed by atoms with Crippen molar-refractivity contribution in [1.29, 1.82) is 0 Å². The highest BCUT2D eigenvalue weighted by atomic mass is 31.2. The summed E-state index contributed by atoms with van der Waals surface area (Å²) in [6, 6.07) is 0. The molecule has 67 heavy (non-hydrogen) atoms. The van der Waals surface area contributed by atoms with Crippen LogP contribution in [-0.4, -0.2) is 98.3 Å². The summed E-state index contributed by atoms with van der Waals surface area (Å²) in [6.45, 7) is 3.17. The minimum Gasteiger partial charge on any atom is -0.462 e. The van der Waals surface area contributed by atoms with Gasteiger partial charge in [-0.05, 0) is 51.4 Å². The molecule has 6 unspecified atom stereocenters. The van der Waals surface area contributed by atoms with Gasteiger partial charge in [-0.2, -0.15) is 0 Å². The lowest BCUT2D eigenvalue weighted by molar-refractivity contribution is -0.220. The van der Waals surface area contributed by atoms with E-state index in [0.29, 0.717) is 19.3 Å². The molecule has 0 aromatic heterocycles. The van der Waals surface area contributed by atoms with Gasteiger partial charge in [-0.15, -0.1) is 0 Å². The SMILES string of the molecule is CC/C=C/C/C=C/C/C=C/C/C=C/C/C=C/CCCC(=O)OC[C@H](COP(=O)(O)OC1C(O)C(O)C(O)[C@@H](O)C1O)OC(=O)CCCCCCCCCCCCCCCCCCCCCCC. The first-order valence-electron chi connectivity index (χ1n) is 26.1. The van der Waals surface area contributed by atoms with Crippen LogP contribution in [0.1, 0.15) is 206 Å². The Balaban J connectivity index is 2.41. The molecule has 0 bridgehead atoms. The van der Waals surface area contributed by atoms with Crippen LogP contribution in [0.5, 0.6) is 0 Å². The minimum absolute atomic E-state index is 0.0859. The largest absolute Gasteiger partial charge is 0.472 e. The van der Waals surface area contributed by atoms with Crippen LogP contribution in [0.2, 0.25) is 0 Å². The summed E-state index contributed by atoms with van der Waals surface area (Å²) in [6.07, 6.45) is 39.9. The number of hydrogen-bond acceptors (Lipinski definition) is 12. The van der Waals surface area contributed by atoms with Crippen LogP contribution >= 0.6 is 7.82 Å². The van der Waals surface area contributed by atoms with Crippen molar-refractivity contribution in [3.05, 3.63) is 60.8 Å². The number of unbranched alkanes of at least 4 members (excludes halogenated alkanes) is 21. The van der Waals surface area contributed by atoms with Gasteiger partial charge in [0.05, 0.1) is 6.61 Å². The maximum absolute atomic E-state index is 12.9. The molecule has 0 radical (unpaired) electrons. The summed E-state index contributed by atoms with van der Waals surface area (Å²) < 4.78 is 33.6. The van der Waals surface area contributed by atoms with Gasteiger partial charge in [-0.3, -0.25) is 18.6 Å². The van der Waals surface area contributed by atoms with Gasteiger partial charge in [0.15, 0.2) is 6.10 Å². The van der Waals surface area contributed by atoms with E-state index in [1.165, 1.54) is 103 Å². The summed E-state index contributed by atoms with van der Waals surface area (Å²) in [4.78, 5) is 35.8. The van der Waals surface area contributed by atoms with Gasteiger partial charge in [-0.25, -0.2) is 4.57 Å². The molecular formula is C53H93O13P. The van der Waals surface area contributed by atoms with Crippen LogP contribution < -0.4 is 0 Å². The third kappa shape index (κ3) is 34.5. The number of carbonyl (C=O) groups is 2. The van der Waals surface area contributed by atoms with E-state index in [2.05, 4.69) is 62.5 Å². The second-order valence-corrected chi connectivity index (χ2v) is 19.4. The van der Waals surface area contributed by atoms with Gasteiger partial charge < -0.3 is 39.9 Å². The summed E-state index contributed by atoms with van der Waals surface area (Å²) in [5, 5.41) is 50.3. The lowest BCUT2D eigenvalue weighted by atomic mass is 9.85. The fourth-order valence-corrected chi connectivity index (χ4v) is 8.71. The molecule has 6 N–H and O–H groups in total. The van der Waals surface area contributed by atoms with Gasteiger partial charge in [0, 0.05) is 12.8 Å². The number of esters is 2. The van der Waals surface area contributed by atoms with E-state index in [-0.39, 0.29) is 12.8 Å². The van der Waals surface area contributed by atoms with E-state index in [1.54, 1.807) is 0 Å². The van der Waals surface area contributed by atoms with E-state index in [4.69, 9.17) is 18.5 Å². The van der Waals surface area contributed by atoms with Crippen molar-refractivity contribution in [2.75, 3.05) is 13.2 Å². The fraction of sp³-hybridized carbons (Fsp3) is 0.774. The number of phosphoric ester groups is 1. The highest BCUT2D eigenvalue weighted by molar-refractivity contribution is 7.47. The van der Waals surface area contributed by atoms with Crippen LogP contribution in [0, 0.1) is 0 Å². The Morgan fingerprint density at radius 1 is 0.478 bits per heavy atom. The zero-order chi connectivity index (χ0) is 49.2. The molecule has 388 valence electrons. The van der Waals surface area contributed by atoms with Crippen molar-refractivity contribution in [1.82, 2.24) is 0 Å². The quantitative estimate of drug-likeness (QED) is 0.0146. The van der Waals surface area contributed by atoms with Crippen molar-refractivity contribution in [2.24, 2.45) is 0 Å². The summed E-state index contributed by atoms with van der Waals surface area (Å²) in [5.74, 6) is -1.16. The summed E-state index contributed by atoms with van der Waals surface area (Å²) in [5.41, 5.74) is 0. The maximum atomic E-state index is 12.9. The molecule has 0 heterocycles. The van der Waals surface area contributed by atoms with E-state index in [9.17, 15) is 44.6 Å². The van der Waals surface area contributed by atoms with Gasteiger partial charge in [0.2, 0.25) is 0 Å². The van der Waals surface area contributed by atoms with Crippen molar-refractivity contribution < 1.29 is 63.1 Å². The van der Waals surface area contributed by atoms with Gasteiger partial charge >= 0.3 is 19.8 Å². The molecule has 0 aromatic carbocycles. The van der Waals surface area contributed by atoms with Crippen LogP contribution in [0.25, 0.3) is 0 Å². The number of hydrogen-bond donors (Lipinski definition) is 6. The van der Waals surface area contributed by atoms with Crippen LogP contribution in [0.3, 0.4) is 0 Å². The highest BCUT2D eigenvalue weighted by Gasteiger charge is 2.51. The second kappa shape index (κ2) is 42.4. The minimum atomic E-state index is -5.14. The third-order valence-corrected chi connectivity index (χ3v) is 12.9. The zero-order valence-corrected chi connectivity index (χ0v) is 42.3. The van der Waals surface area contributed by atoms with Gasteiger partial charge in [0.25, 0.3) is 0 Å². The normalized spacial score (nSPS) is 21.6. The van der Waals surface area contributed by atoms with Crippen molar-refractivity contribution in [3.63, 3.8) is 0 Å². The molecule has 1 saturated carbocycles. The average molecular weight is 969 g/mol. The summed E-state index contributed by atoms with van der Waals surface area (Å²) in [7, 11) is -5.14.